The number of piperidine rings is 1. The Bertz CT molecular complexity index is 1890. The van der Waals surface area contributed by atoms with E-state index in [2.05, 4.69) is 35.3 Å². The first kappa shape index (κ1) is 35.2. The van der Waals surface area contributed by atoms with Crippen LogP contribution in [0, 0.1) is 23.6 Å². The van der Waals surface area contributed by atoms with E-state index in [1.165, 1.54) is 41.1 Å². The summed E-state index contributed by atoms with van der Waals surface area (Å²) in [5, 5.41) is 2.49. The number of rotatable bonds is 9. The number of allylic oxidation sites excluding steroid dienone is 2. The second-order valence-electron chi connectivity index (χ2n) is 12.2. The molecule has 13 heteroatoms. The van der Waals surface area contributed by atoms with Gasteiger partial charge in [-0.25, -0.2) is 19.0 Å². The van der Waals surface area contributed by atoms with Crippen molar-refractivity contribution in [3.63, 3.8) is 0 Å². The highest BCUT2D eigenvalue weighted by atomic mass is 19.1. The number of hydrogen-bond acceptors (Lipinski definition) is 8. The fraction of sp³-hybridized carbons (Fsp3) is 0.343. The zero-order valence-electron chi connectivity index (χ0n) is 27.3. The van der Waals surface area contributed by atoms with Crippen molar-refractivity contribution >= 4 is 23.5 Å². The van der Waals surface area contributed by atoms with Gasteiger partial charge in [-0.1, -0.05) is 24.0 Å². The third-order valence-corrected chi connectivity index (χ3v) is 7.34. The van der Waals surface area contributed by atoms with Gasteiger partial charge in [0.05, 0.1) is 0 Å². The molecule has 1 aliphatic heterocycles. The summed E-state index contributed by atoms with van der Waals surface area (Å²) in [6.07, 6.45) is 7.16. The molecule has 4 rings (SSSR count). The quantitative estimate of drug-likeness (QED) is 0.243. The Balaban J connectivity index is 1.44. The molecular formula is C35H39FN6O6. The molecule has 3 N–H and O–H groups in total. The van der Waals surface area contributed by atoms with E-state index >= 15 is 4.39 Å². The largest absolute Gasteiger partial charge is 0.453 e. The van der Waals surface area contributed by atoms with Crippen LogP contribution in [0.25, 0.3) is 0 Å². The SMILES string of the molecule is C=CCn1cc(C(=O)Nc2ccc(Oc3ccnc(N)c3C#CCC3CCN(C(=O)OC(C)(C)C)CC3)c(F)c2)c(=O)n(CC=C)c1=O. The molecule has 0 spiro atoms. The Hall–Kier alpha value is -5.64. The van der Waals surface area contributed by atoms with E-state index in [-0.39, 0.29) is 53.7 Å². The highest BCUT2D eigenvalue weighted by Crippen LogP contribution is 2.31. The molecule has 0 radical (unpaired) electrons. The van der Waals surface area contributed by atoms with Crippen molar-refractivity contribution in [3.8, 4) is 23.3 Å². The van der Waals surface area contributed by atoms with Crippen LogP contribution < -0.4 is 27.0 Å². The molecule has 3 heterocycles. The van der Waals surface area contributed by atoms with E-state index in [9.17, 15) is 19.2 Å². The van der Waals surface area contributed by atoms with E-state index in [4.69, 9.17) is 15.2 Å². The van der Waals surface area contributed by atoms with Crippen LogP contribution >= 0.6 is 0 Å². The monoisotopic (exact) mass is 658 g/mol. The maximum Gasteiger partial charge on any atom is 0.410 e. The molecule has 1 aliphatic rings. The number of carbonyl (C=O) groups is 2. The number of nitrogens with one attached hydrogen (secondary N) is 1. The number of anilines is 2. The average molecular weight is 659 g/mol. The number of benzene rings is 1. The summed E-state index contributed by atoms with van der Waals surface area (Å²) in [5.74, 6) is 4.91. The summed E-state index contributed by atoms with van der Waals surface area (Å²) in [7, 11) is 0. The van der Waals surface area contributed by atoms with E-state index in [0.717, 1.165) is 29.7 Å². The lowest BCUT2D eigenvalue weighted by molar-refractivity contribution is 0.0185. The van der Waals surface area contributed by atoms with Gasteiger partial charge < -0.3 is 25.4 Å². The van der Waals surface area contributed by atoms with E-state index in [1.54, 1.807) is 4.90 Å². The lowest BCUT2D eigenvalue weighted by Gasteiger charge is -2.32. The number of likely N-dealkylation sites (tertiary alicyclic amines) is 1. The summed E-state index contributed by atoms with van der Waals surface area (Å²) < 4.78 is 28.6. The van der Waals surface area contributed by atoms with Crippen molar-refractivity contribution in [2.45, 2.75) is 58.7 Å². The lowest BCUT2D eigenvalue weighted by atomic mass is 9.94. The summed E-state index contributed by atoms with van der Waals surface area (Å²) in [4.78, 5) is 56.6. The van der Waals surface area contributed by atoms with E-state index < -0.39 is 28.6 Å². The van der Waals surface area contributed by atoms with Gasteiger partial charge in [0.15, 0.2) is 11.6 Å². The van der Waals surface area contributed by atoms with Gasteiger partial charge in [-0.05, 0) is 51.7 Å². The number of ether oxygens (including phenoxy) is 2. The molecule has 252 valence electrons. The second kappa shape index (κ2) is 15.3. The zero-order valence-corrected chi connectivity index (χ0v) is 27.3. The van der Waals surface area contributed by atoms with Crippen LogP contribution in [0.5, 0.6) is 11.5 Å². The molecule has 12 nitrogen and oxygen atoms in total. The van der Waals surface area contributed by atoms with Crippen molar-refractivity contribution in [1.29, 1.82) is 0 Å². The Labute approximate surface area is 277 Å². The minimum Gasteiger partial charge on any atom is -0.453 e. The maximum atomic E-state index is 15.2. The fourth-order valence-corrected chi connectivity index (χ4v) is 4.95. The summed E-state index contributed by atoms with van der Waals surface area (Å²) in [6.45, 7) is 13.8. The van der Waals surface area contributed by atoms with Crippen molar-refractivity contribution in [1.82, 2.24) is 19.0 Å². The molecular weight excluding hydrogens is 619 g/mol. The molecule has 2 aromatic heterocycles. The predicted octanol–water partition coefficient (Wildman–Crippen LogP) is 4.93. The number of nitrogen functional groups attached to an aromatic ring is 1. The minimum atomic E-state index is -0.835. The number of halogens is 1. The van der Waals surface area contributed by atoms with Crippen molar-refractivity contribution in [2.75, 3.05) is 24.1 Å². The third-order valence-electron chi connectivity index (χ3n) is 7.34. The smallest absolute Gasteiger partial charge is 0.410 e. The fourth-order valence-electron chi connectivity index (χ4n) is 4.95. The van der Waals surface area contributed by atoms with Crippen LogP contribution in [0.1, 0.15) is 56.0 Å². The summed E-state index contributed by atoms with van der Waals surface area (Å²) >= 11 is 0. The van der Waals surface area contributed by atoms with Gasteiger partial charge in [0.25, 0.3) is 11.5 Å². The Morgan fingerprint density at radius 1 is 1.12 bits per heavy atom. The predicted molar refractivity (Wildman–Crippen MR) is 180 cm³/mol. The Kier molecular flexibility index (Phi) is 11.2. The van der Waals surface area contributed by atoms with Crippen molar-refractivity contribution in [2.24, 2.45) is 5.92 Å². The highest BCUT2D eigenvalue weighted by molar-refractivity contribution is 6.03. The topological polar surface area (TPSA) is 151 Å². The first-order valence-corrected chi connectivity index (χ1v) is 15.4. The Morgan fingerprint density at radius 2 is 1.83 bits per heavy atom. The van der Waals surface area contributed by atoms with Crippen LogP contribution in [0.2, 0.25) is 0 Å². The molecule has 0 bridgehead atoms. The van der Waals surface area contributed by atoms with Crippen LogP contribution in [-0.2, 0) is 17.8 Å². The molecule has 1 fully saturated rings. The number of carbonyl (C=O) groups excluding carboxylic acids is 2. The second-order valence-corrected chi connectivity index (χ2v) is 12.2. The molecule has 0 atom stereocenters. The van der Waals surface area contributed by atoms with Crippen molar-refractivity contribution in [3.05, 3.63) is 99.8 Å². The third kappa shape index (κ3) is 8.79. The Morgan fingerprint density at radius 3 is 2.48 bits per heavy atom. The lowest BCUT2D eigenvalue weighted by Crippen LogP contribution is -2.42. The van der Waals surface area contributed by atoms with Gasteiger partial charge in [0, 0.05) is 62.8 Å². The molecule has 48 heavy (non-hydrogen) atoms. The van der Waals surface area contributed by atoms with Crippen molar-refractivity contribution < 1.29 is 23.5 Å². The van der Waals surface area contributed by atoms with Crippen LogP contribution in [0.15, 0.2) is 71.6 Å². The molecule has 0 aliphatic carbocycles. The normalized spacial score (nSPS) is 13.2. The molecule has 0 saturated carbocycles. The molecule has 0 unspecified atom stereocenters. The first-order chi connectivity index (χ1) is 22.8. The standard InChI is InChI=1S/C35H39FN6O6/c1-6-17-41-22-26(32(44)42(18-7-2)33(41)45)31(43)39-24-11-12-29(27(36)21-24)47-28-13-16-38-30(37)25(28)10-8-9-23-14-19-40(20-15-23)34(46)48-35(3,4)5/h6-7,11-13,16,21-23H,1-2,9,14-15,17-20H2,3-5H3,(H2,37,38)(H,39,43). The van der Waals surface area contributed by atoms with E-state index in [0.29, 0.717) is 25.1 Å². The van der Waals surface area contributed by atoms with Gasteiger partial charge in [-0.2, -0.15) is 0 Å². The number of nitrogens with two attached hydrogens (primary N) is 1. The molecule has 2 amide bonds. The van der Waals surface area contributed by atoms with Gasteiger partial charge >= 0.3 is 11.8 Å². The van der Waals surface area contributed by atoms with Gasteiger partial charge in [0.2, 0.25) is 0 Å². The number of aromatic nitrogens is 3. The van der Waals surface area contributed by atoms with Crippen LogP contribution in [0.3, 0.4) is 0 Å². The number of amides is 2. The zero-order chi connectivity index (χ0) is 35.0. The number of nitrogens with zero attached hydrogens (tertiary/aromatic N) is 4. The van der Waals surface area contributed by atoms with Gasteiger partial charge in [0.1, 0.15) is 28.3 Å². The van der Waals surface area contributed by atoms with Crippen LogP contribution in [0.4, 0.5) is 20.7 Å². The summed E-state index contributed by atoms with van der Waals surface area (Å²) in [5.41, 5.74) is 4.14. The maximum absolute atomic E-state index is 15.2. The van der Waals surface area contributed by atoms with E-state index in [1.807, 2.05) is 20.8 Å². The summed E-state index contributed by atoms with van der Waals surface area (Å²) in [6, 6.07) is 5.26. The minimum absolute atomic E-state index is 0.0490. The number of hydrogen-bond donors (Lipinski definition) is 2. The first-order valence-electron chi connectivity index (χ1n) is 15.4. The van der Waals surface area contributed by atoms with Gasteiger partial charge in [-0.15, -0.1) is 13.2 Å². The molecule has 1 saturated heterocycles. The van der Waals surface area contributed by atoms with Crippen LogP contribution in [-0.4, -0.2) is 49.7 Å². The molecule has 1 aromatic carbocycles. The highest BCUT2D eigenvalue weighted by Gasteiger charge is 2.26. The van der Waals surface area contributed by atoms with Gasteiger partial charge in [-0.3, -0.25) is 18.7 Å². The number of pyridine rings is 1. The molecule has 3 aromatic rings. The average Bonchev–Trinajstić information content (AvgIpc) is 3.02.